The van der Waals surface area contributed by atoms with Crippen molar-refractivity contribution in [2.24, 2.45) is 0 Å². The quantitative estimate of drug-likeness (QED) is 0.878. The highest BCUT2D eigenvalue weighted by molar-refractivity contribution is 5.84. The highest BCUT2D eigenvalue weighted by Crippen LogP contribution is 2.17. The molecule has 3 nitrogen and oxygen atoms in total. The number of carbonyl (C=O) groups is 1. The lowest BCUT2D eigenvalue weighted by Gasteiger charge is -2.10. The summed E-state index contributed by atoms with van der Waals surface area (Å²) in [6.07, 6.45) is -0.0933. The normalized spacial score (nSPS) is 11.9. The molecule has 0 spiro atoms. The number of rotatable bonds is 6. The predicted molar refractivity (Wildman–Crippen MR) is 77.7 cm³/mol. The Labute approximate surface area is 118 Å². The van der Waals surface area contributed by atoms with Crippen molar-refractivity contribution in [3.8, 4) is 5.75 Å². The number of ketones is 1. The van der Waals surface area contributed by atoms with Crippen molar-refractivity contribution >= 4 is 5.78 Å². The van der Waals surface area contributed by atoms with E-state index in [1.54, 1.807) is 19.2 Å². The predicted octanol–water partition coefficient (Wildman–Crippen LogP) is 2.93. The molecule has 0 radical (unpaired) electrons. The van der Waals surface area contributed by atoms with Crippen LogP contribution in [0.2, 0.25) is 0 Å². The molecule has 0 amide bonds. The Morgan fingerprint density at radius 1 is 1.10 bits per heavy atom. The van der Waals surface area contributed by atoms with Crippen LogP contribution in [-0.2, 0) is 11.2 Å². The Bertz CT molecular complexity index is 546. The van der Waals surface area contributed by atoms with E-state index < -0.39 is 6.10 Å². The first-order valence-corrected chi connectivity index (χ1v) is 6.59. The molecule has 0 bridgehead atoms. The van der Waals surface area contributed by atoms with Crippen molar-refractivity contribution < 1.29 is 14.6 Å². The summed E-state index contributed by atoms with van der Waals surface area (Å²) < 4.78 is 5.08. The van der Waals surface area contributed by atoms with E-state index in [2.05, 4.69) is 0 Å². The summed E-state index contributed by atoms with van der Waals surface area (Å²) in [4.78, 5) is 12.0. The third kappa shape index (κ3) is 3.68. The van der Waals surface area contributed by atoms with E-state index in [4.69, 9.17) is 4.74 Å². The van der Waals surface area contributed by atoms with Crippen molar-refractivity contribution in [1.82, 2.24) is 0 Å². The number of hydrogen-bond donors (Lipinski definition) is 1. The zero-order valence-electron chi connectivity index (χ0n) is 11.5. The number of carbonyl (C=O) groups excluding carboxylic acids is 1. The lowest BCUT2D eigenvalue weighted by atomic mass is 10.00. The molecule has 104 valence electrons. The minimum Gasteiger partial charge on any atom is -0.497 e. The fourth-order valence-electron chi connectivity index (χ4n) is 2.02. The molecule has 0 fully saturated rings. The maximum Gasteiger partial charge on any atom is 0.166 e. The molecule has 1 atom stereocenters. The second kappa shape index (κ2) is 6.87. The first kappa shape index (κ1) is 14.3. The van der Waals surface area contributed by atoms with Crippen LogP contribution >= 0.6 is 0 Å². The Balaban J connectivity index is 1.91. The fourth-order valence-corrected chi connectivity index (χ4v) is 2.02. The van der Waals surface area contributed by atoms with Gasteiger partial charge in [0.1, 0.15) is 11.9 Å². The summed E-state index contributed by atoms with van der Waals surface area (Å²) in [7, 11) is 1.62. The van der Waals surface area contributed by atoms with Gasteiger partial charge in [-0.25, -0.2) is 0 Å². The highest BCUT2D eigenvalue weighted by Gasteiger charge is 2.16. The molecule has 1 unspecified atom stereocenters. The SMILES string of the molecule is COc1ccc(CCC(=O)C(O)c2ccccc2)cc1. The molecule has 1 N–H and O–H groups in total. The monoisotopic (exact) mass is 270 g/mol. The minimum absolute atomic E-state index is 0.160. The van der Waals surface area contributed by atoms with Crippen molar-refractivity contribution in [3.63, 3.8) is 0 Å². The number of aryl methyl sites for hydroxylation is 1. The molecule has 0 aromatic heterocycles. The van der Waals surface area contributed by atoms with Crippen LogP contribution < -0.4 is 4.74 Å². The van der Waals surface area contributed by atoms with Crippen LogP contribution in [0.1, 0.15) is 23.7 Å². The zero-order chi connectivity index (χ0) is 14.4. The van der Waals surface area contributed by atoms with E-state index >= 15 is 0 Å². The molecule has 2 aromatic rings. The molecule has 2 aromatic carbocycles. The second-order valence-electron chi connectivity index (χ2n) is 4.63. The van der Waals surface area contributed by atoms with E-state index in [-0.39, 0.29) is 5.78 Å². The molecule has 0 aliphatic heterocycles. The van der Waals surface area contributed by atoms with Gasteiger partial charge in [-0.05, 0) is 29.7 Å². The summed E-state index contributed by atoms with van der Waals surface area (Å²) in [6.45, 7) is 0. The molecular weight excluding hydrogens is 252 g/mol. The first-order chi connectivity index (χ1) is 9.70. The maximum atomic E-state index is 12.0. The molecule has 20 heavy (non-hydrogen) atoms. The van der Waals surface area contributed by atoms with Crippen LogP contribution in [0.15, 0.2) is 54.6 Å². The minimum atomic E-state index is -1.03. The van der Waals surface area contributed by atoms with Gasteiger partial charge in [0.15, 0.2) is 5.78 Å². The lowest BCUT2D eigenvalue weighted by molar-refractivity contribution is -0.127. The van der Waals surface area contributed by atoms with E-state index in [9.17, 15) is 9.90 Å². The number of hydrogen-bond acceptors (Lipinski definition) is 3. The smallest absolute Gasteiger partial charge is 0.166 e. The van der Waals surface area contributed by atoms with Gasteiger partial charge in [0.25, 0.3) is 0 Å². The molecule has 0 saturated heterocycles. The topological polar surface area (TPSA) is 46.5 Å². The average Bonchev–Trinajstić information content (AvgIpc) is 2.53. The number of methoxy groups -OCH3 is 1. The zero-order valence-corrected chi connectivity index (χ0v) is 11.5. The van der Waals surface area contributed by atoms with Crippen molar-refractivity contribution in [1.29, 1.82) is 0 Å². The Morgan fingerprint density at radius 2 is 1.75 bits per heavy atom. The summed E-state index contributed by atoms with van der Waals surface area (Å²) in [6, 6.07) is 16.6. The molecule has 0 heterocycles. The van der Waals surface area contributed by atoms with Crippen molar-refractivity contribution in [3.05, 3.63) is 65.7 Å². The summed E-state index contributed by atoms with van der Waals surface area (Å²) in [5.74, 6) is 0.636. The van der Waals surface area contributed by atoms with Crippen LogP contribution in [0.4, 0.5) is 0 Å². The Morgan fingerprint density at radius 3 is 2.35 bits per heavy atom. The standard InChI is InChI=1S/C17H18O3/c1-20-15-10-7-13(8-11-15)9-12-16(18)17(19)14-5-3-2-4-6-14/h2-8,10-11,17,19H,9,12H2,1H3. The second-order valence-corrected chi connectivity index (χ2v) is 4.63. The summed E-state index contributed by atoms with van der Waals surface area (Å²) in [5, 5.41) is 9.98. The van der Waals surface area contributed by atoms with Crippen LogP contribution in [0, 0.1) is 0 Å². The molecule has 3 heteroatoms. The van der Waals surface area contributed by atoms with E-state index in [1.807, 2.05) is 42.5 Å². The van der Waals surface area contributed by atoms with Crippen molar-refractivity contribution in [2.45, 2.75) is 18.9 Å². The van der Waals surface area contributed by atoms with Gasteiger partial charge >= 0.3 is 0 Å². The number of ether oxygens (including phenoxy) is 1. The van der Waals surface area contributed by atoms with Gasteiger partial charge < -0.3 is 9.84 Å². The van der Waals surface area contributed by atoms with Crippen LogP contribution in [-0.4, -0.2) is 18.0 Å². The summed E-state index contributed by atoms with van der Waals surface area (Å²) >= 11 is 0. The highest BCUT2D eigenvalue weighted by atomic mass is 16.5. The molecule has 0 aliphatic rings. The largest absolute Gasteiger partial charge is 0.497 e. The molecule has 0 saturated carbocycles. The van der Waals surface area contributed by atoms with Crippen LogP contribution in [0.3, 0.4) is 0 Å². The van der Waals surface area contributed by atoms with Crippen molar-refractivity contribution in [2.75, 3.05) is 7.11 Å². The van der Waals surface area contributed by atoms with Crippen LogP contribution in [0.25, 0.3) is 0 Å². The molecular formula is C17H18O3. The van der Waals surface area contributed by atoms with Gasteiger partial charge in [-0.3, -0.25) is 4.79 Å². The molecule has 2 rings (SSSR count). The summed E-state index contributed by atoms with van der Waals surface area (Å²) in [5.41, 5.74) is 1.70. The third-order valence-electron chi connectivity index (χ3n) is 3.24. The number of aliphatic hydroxyl groups is 1. The Hall–Kier alpha value is -2.13. The number of aliphatic hydroxyl groups excluding tert-OH is 1. The Kier molecular flexibility index (Phi) is 4.91. The van der Waals surface area contributed by atoms with E-state index in [1.165, 1.54) is 0 Å². The van der Waals surface area contributed by atoms with Crippen LogP contribution in [0.5, 0.6) is 5.75 Å². The van der Waals surface area contributed by atoms with Gasteiger partial charge in [-0.15, -0.1) is 0 Å². The third-order valence-corrected chi connectivity index (χ3v) is 3.24. The van der Waals surface area contributed by atoms with Gasteiger partial charge in [0.05, 0.1) is 7.11 Å². The van der Waals surface area contributed by atoms with Gasteiger partial charge in [0, 0.05) is 6.42 Å². The number of benzene rings is 2. The molecule has 0 aliphatic carbocycles. The van der Waals surface area contributed by atoms with E-state index in [0.29, 0.717) is 18.4 Å². The van der Waals surface area contributed by atoms with Gasteiger partial charge in [-0.2, -0.15) is 0 Å². The van der Waals surface area contributed by atoms with Gasteiger partial charge in [-0.1, -0.05) is 42.5 Å². The maximum absolute atomic E-state index is 12.0. The fraction of sp³-hybridized carbons (Fsp3) is 0.235. The van der Waals surface area contributed by atoms with Gasteiger partial charge in [0.2, 0.25) is 0 Å². The number of Topliss-reactive ketones (excluding diaryl/α,β-unsaturated/α-hetero) is 1. The lowest BCUT2D eigenvalue weighted by Crippen LogP contribution is -2.12. The van der Waals surface area contributed by atoms with E-state index in [0.717, 1.165) is 11.3 Å². The average molecular weight is 270 g/mol. The first-order valence-electron chi connectivity index (χ1n) is 6.59.